The summed E-state index contributed by atoms with van der Waals surface area (Å²) in [5, 5.41) is 12.8. The van der Waals surface area contributed by atoms with E-state index in [0.29, 0.717) is 10.1 Å². The number of thioether (sulfide) groups is 1. The van der Waals surface area contributed by atoms with Crippen LogP contribution in [-0.4, -0.2) is 26.7 Å². The lowest BCUT2D eigenvalue weighted by Gasteiger charge is -2.11. The molecule has 33 heavy (non-hydrogen) atoms. The standard InChI is InChI=1S/C25H22ClN3O3S/c1-13-5-6-18(9-14(13)2)27-25-28-23(30)22(33-25)11-17-10-15(3)29(16(17)4)19-7-8-20(24(31)32)21(26)12-19/h5-12H,1-4H3,(H,31,32)(H,27,28,30)/b22-11-. The second-order valence-electron chi connectivity index (χ2n) is 7.88. The molecule has 0 radical (unpaired) electrons. The molecule has 0 saturated carbocycles. The average Bonchev–Trinajstić information content (AvgIpc) is 3.22. The van der Waals surface area contributed by atoms with Crippen molar-refractivity contribution >= 4 is 52.2 Å². The van der Waals surface area contributed by atoms with Crippen LogP contribution >= 0.6 is 23.4 Å². The molecule has 0 bridgehead atoms. The first-order chi connectivity index (χ1) is 15.6. The molecule has 1 aliphatic rings. The lowest BCUT2D eigenvalue weighted by atomic mass is 10.1. The largest absolute Gasteiger partial charge is 0.478 e. The van der Waals surface area contributed by atoms with E-state index in [4.69, 9.17) is 11.6 Å². The zero-order chi connectivity index (χ0) is 23.9. The molecule has 3 aromatic rings. The van der Waals surface area contributed by atoms with Crippen LogP contribution in [0.5, 0.6) is 0 Å². The van der Waals surface area contributed by atoms with E-state index in [1.165, 1.54) is 23.4 Å². The quantitative estimate of drug-likeness (QED) is 0.452. The fourth-order valence-electron chi connectivity index (χ4n) is 3.68. The van der Waals surface area contributed by atoms with Crippen LogP contribution in [0.4, 0.5) is 5.69 Å². The Kier molecular flexibility index (Phi) is 6.19. The number of amidine groups is 1. The van der Waals surface area contributed by atoms with Gasteiger partial charge in [-0.2, -0.15) is 0 Å². The summed E-state index contributed by atoms with van der Waals surface area (Å²) in [6, 6.07) is 12.8. The van der Waals surface area contributed by atoms with E-state index in [1.807, 2.05) is 62.6 Å². The topological polar surface area (TPSA) is 83.7 Å². The average molecular weight is 480 g/mol. The molecular formula is C25H22ClN3O3S. The van der Waals surface area contributed by atoms with Crippen LogP contribution in [0, 0.1) is 27.7 Å². The van der Waals surface area contributed by atoms with Crippen LogP contribution in [0.3, 0.4) is 0 Å². The molecule has 0 unspecified atom stereocenters. The Morgan fingerprint density at radius 2 is 1.85 bits per heavy atom. The zero-order valence-corrected chi connectivity index (χ0v) is 20.1. The number of rotatable bonds is 4. The minimum absolute atomic E-state index is 0.0554. The summed E-state index contributed by atoms with van der Waals surface area (Å²) in [6.45, 7) is 7.97. The first kappa shape index (κ1) is 22.9. The van der Waals surface area contributed by atoms with E-state index in [1.54, 1.807) is 12.1 Å². The second kappa shape index (κ2) is 8.92. The highest BCUT2D eigenvalue weighted by Gasteiger charge is 2.25. The number of amides is 1. The molecular weight excluding hydrogens is 458 g/mol. The van der Waals surface area contributed by atoms with Gasteiger partial charge in [-0.1, -0.05) is 17.7 Å². The summed E-state index contributed by atoms with van der Waals surface area (Å²) in [5.41, 5.74) is 6.67. The van der Waals surface area contributed by atoms with Crippen molar-refractivity contribution in [2.45, 2.75) is 27.7 Å². The minimum Gasteiger partial charge on any atom is -0.478 e. The minimum atomic E-state index is -1.07. The summed E-state index contributed by atoms with van der Waals surface area (Å²) in [6.07, 6.45) is 1.84. The van der Waals surface area contributed by atoms with Gasteiger partial charge in [-0.05, 0) is 98.6 Å². The van der Waals surface area contributed by atoms with Gasteiger partial charge >= 0.3 is 5.97 Å². The fraction of sp³-hybridized carbons (Fsp3) is 0.160. The van der Waals surface area contributed by atoms with Gasteiger partial charge in [0.15, 0.2) is 5.17 Å². The van der Waals surface area contributed by atoms with E-state index in [0.717, 1.165) is 33.9 Å². The number of nitrogens with zero attached hydrogens (tertiary/aromatic N) is 2. The van der Waals surface area contributed by atoms with Crippen molar-refractivity contribution in [3.63, 3.8) is 0 Å². The predicted molar refractivity (Wildman–Crippen MR) is 134 cm³/mol. The molecule has 2 aromatic carbocycles. The number of benzene rings is 2. The van der Waals surface area contributed by atoms with Crippen LogP contribution in [0.15, 0.2) is 52.4 Å². The molecule has 2 N–H and O–H groups in total. The summed E-state index contributed by atoms with van der Waals surface area (Å²) in [7, 11) is 0. The van der Waals surface area contributed by atoms with E-state index in [-0.39, 0.29) is 16.5 Å². The third-order valence-electron chi connectivity index (χ3n) is 5.57. The number of halogens is 1. The number of hydrogen-bond acceptors (Lipinski definition) is 4. The molecule has 6 nitrogen and oxygen atoms in total. The molecule has 0 aliphatic carbocycles. The van der Waals surface area contributed by atoms with Crippen molar-refractivity contribution in [2.24, 2.45) is 4.99 Å². The molecule has 1 aromatic heterocycles. The number of carboxylic acid groups (broad SMARTS) is 1. The Morgan fingerprint density at radius 3 is 2.52 bits per heavy atom. The molecule has 2 heterocycles. The van der Waals surface area contributed by atoms with E-state index in [2.05, 4.69) is 10.3 Å². The van der Waals surface area contributed by atoms with E-state index >= 15 is 0 Å². The molecule has 1 saturated heterocycles. The first-order valence-electron chi connectivity index (χ1n) is 10.2. The Bertz CT molecular complexity index is 1370. The monoisotopic (exact) mass is 479 g/mol. The molecule has 1 fully saturated rings. The third kappa shape index (κ3) is 4.60. The number of carboxylic acids is 1. The lowest BCUT2D eigenvalue weighted by molar-refractivity contribution is -0.115. The zero-order valence-electron chi connectivity index (χ0n) is 18.6. The first-order valence-corrected chi connectivity index (χ1v) is 11.4. The molecule has 1 amide bonds. The Labute approximate surface area is 201 Å². The van der Waals surface area contributed by atoms with Gasteiger partial charge in [0, 0.05) is 17.1 Å². The maximum Gasteiger partial charge on any atom is 0.337 e. The normalized spacial score (nSPS) is 16.0. The number of aromatic carboxylic acids is 1. The molecule has 8 heteroatoms. The van der Waals surface area contributed by atoms with Crippen molar-refractivity contribution in [2.75, 3.05) is 0 Å². The van der Waals surface area contributed by atoms with Gasteiger partial charge in [-0.3, -0.25) is 4.79 Å². The summed E-state index contributed by atoms with van der Waals surface area (Å²) < 4.78 is 1.98. The summed E-state index contributed by atoms with van der Waals surface area (Å²) >= 11 is 7.47. The smallest absolute Gasteiger partial charge is 0.337 e. The maximum absolute atomic E-state index is 12.6. The van der Waals surface area contributed by atoms with Crippen molar-refractivity contribution in [1.29, 1.82) is 0 Å². The van der Waals surface area contributed by atoms with Gasteiger partial charge in [-0.15, -0.1) is 0 Å². The number of carbonyl (C=O) groups is 2. The third-order valence-corrected chi connectivity index (χ3v) is 6.79. The van der Waals surface area contributed by atoms with Gasteiger partial charge in [-0.25, -0.2) is 9.79 Å². The Morgan fingerprint density at radius 1 is 1.09 bits per heavy atom. The van der Waals surface area contributed by atoms with Crippen LogP contribution in [0.2, 0.25) is 5.02 Å². The molecule has 0 spiro atoms. The van der Waals surface area contributed by atoms with Crippen molar-refractivity contribution in [1.82, 2.24) is 9.88 Å². The van der Waals surface area contributed by atoms with Gasteiger partial charge in [0.2, 0.25) is 0 Å². The molecule has 168 valence electrons. The van der Waals surface area contributed by atoms with Crippen LogP contribution < -0.4 is 5.32 Å². The SMILES string of the molecule is Cc1ccc(N=C2NC(=O)/C(=C/c3cc(C)n(-c4ccc(C(=O)O)c(Cl)c4)c3C)S2)cc1C. The van der Waals surface area contributed by atoms with E-state index in [9.17, 15) is 14.7 Å². The highest BCUT2D eigenvalue weighted by atomic mass is 35.5. The number of aryl methyl sites for hydroxylation is 3. The number of aliphatic imine (C=N–C) groups is 1. The fourth-order valence-corrected chi connectivity index (χ4v) is 4.77. The second-order valence-corrected chi connectivity index (χ2v) is 9.32. The van der Waals surface area contributed by atoms with E-state index < -0.39 is 5.97 Å². The van der Waals surface area contributed by atoms with Gasteiger partial charge < -0.3 is 15.0 Å². The maximum atomic E-state index is 12.6. The number of aromatic nitrogens is 1. The number of hydrogen-bond donors (Lipinski definition) is 2. The van der Waals surface area contributed by atoms with Crippen molar-refractivity contribution in [3.8, 4) is 5.69 Å². The number of carbonyl (C=O) groups excluding carboxylic acids is 1. The van der Waals surface area contributed by atoms with Crippen molar-refractivity contribution in [3.05, 3.63) is 86.0 Å². The Hall–Kier alpha value is -3.29. The number of nitrogens with one attached hydrogen (secondary N) is 1. The van der Waals surface area contributed by atoms with Crippen LogP contribution in [0.25, 0.3) is 11.8 Å². The van der Waals surface area contributed by atoms with Crippen LogP contribution in [0.1, 0.15) is 38.4 Å². The van der Waals surface area contributed by atoms with Gasteiger partial charge in [0.05, 0.1) is 21.2 Å². The molecule has 4 rings (SSSR count). The van der Waals surface area contributed by atoms with Gasteiger partial charge in [0.25, 0.3) is 5.91 Å². The van der Waals surface area contributed by atoms with Gasteiger partial charge in [0.1, 0.15) is 0 Å². The predicted octanol–water partition coefficient (Wildman–Crippen LogP) is 5.95. The highest BCUT2D eigenvalue weighted by Crippen LogP contribution is 2.31. The summed E-state index contributed by atoms with van der Waals surface area (Å²) in [4.78, 5) is 28.9. The Balaban J connectivity index is 1.64. The highest BCUT2D eigenvalue weighted by molar-refractivity contribution is 8.18. The van der Waals surface area contributed by atoms with Crippen molar-refractivity contribution < 1.29 is 14.7 Å². The molecule has 0 atom stereocenters. The lowest BCUT2D eigenvalue weighted by Crippen LogP contribution is -2.19. The van der Waals surface area contributed by atoms with Crippen LogP contribution in [-0.2, 0) is 4.79 Å². The molecule has 1 aliphatic heterocycles. The summed E-state index contributed by atoms with van der Waals surface area (Å²) in [5.74, 6) is -1.26.